The monoisotopic (exact) mass is 670 g/mol. The molecule has 7 aromatic carbocycles. The van der Waals surface area contributed by atoms with Crippen LogP contribution in [0.2, 0.25) is 0 Å². The first-order chi connectivity index (χ1) is 22.8. The van der Waals surface area contributed by atoms with E-state index in [1.165, 1.54) is 42.0 Å². The van der Waals surface area contributed by atoms with Crippen LogP contribution in [-0.4, -0.2) is 4.57 Å². The van der Waals surface area contributed by atoms with Gasteiger partial charge in [-0.2, -0.15) is 0 Å². The molecule has 0 amide bonds. The average Bonchev–Trinajstić information content (AvgIpc) is 3.65. The first-order valence-electron chi connectivity index (χ1n) is 15.4. The molecule has 2 heterocycles. The molecule has 0 radical (unpaired) electrons. The second-order valence-electron chi connectivity index (χ2n) is 11.5. The molecule has 0 bridgehead atoms. The summed E-state index contributed by atoms with van der Waals surface area (Å²) in [7, 11) is 0. The Bertz CT molecular complexity index is 2550. The van der Waals surface area contributed by atoms with Gasteiger partial charge in [-0.1, -0.05) is 119 Å². The number of nitrogens with zero attached hydrogens (tertiary/aromatic N) is 2. The number of hydrogen-bond acceptors (Lipinski definition) is 2. The molecule has 0 fully saturated rings. The van der Waals surface area contributed by atoms with E-state index in [2.05, 4.69) is 189 Å². The van der Waals surface area contributed by atoms with Crippen molar-refractivity contribution in [1.29, 1.82) is 0 Å². The topological polar surface area (TPSA) is 8.17 Å². The van der Waals surface area contributed by atoms with E-state index in [9.17, 15) is 0 Å². The van der Waals surface area contributed by atoms with Crippen molar-refractivity contribution in [1.82, 2.24) is 4.57 Å². The lowest BCUT2D eigenvalue weighted by molar-refractivity contribution is 1.18. The van der Waals surface area contributed by atoms with Crippen LogP contribution in [0.4, 0.5) is 17.1 Å². The van der Waals surface area contributed by atoms with Gasteiger partial charge in [-0.15, -0.1) is 11.3 Å². The number of hydrogen-bond donors (Lipinski definition) is 0. The van der Waals surface area contributed by atoms with Crippen LogP contribution >= 0.6 is 27.3 Å². The van der Waals surface area contributed by atoms with Gasteiger partial charge >= 0.3 is 0 Å². The lowest BCUT2D eigenvalue weighted by atomic mass is 10.0. The van der Waals surface area contributed by atoms with Gasteiger partial charge in [-0.25, -0.2) is 0 Å². The van der Waals surface area contributed by atoms with Crippen molar-refractivity contribution < 1.29 is 0 Å². The van der Waals surface area contributed by atoms with Crippen molar-refractivity contribution in [3.63, 3.8) is 0 Å². The number of halogens is 1. The predicted molar refractivity (Wildman–Crippen MR) is 201 cm³/mol. The molecule has 218 valence electrons. The smallest absolute Gasteiger partial charge is 0.0634 e. The maximum absolute atomic E-state index is 3.83. The highest BCUT2D eigenvalue weighted by Gasteiger charge is 2.22. The van der Waals surface area contributed by atoms with Crippen LogP contribution < -0.4 is 4.90 Å². The Morgan fingerprint density at radius 3 is 2.00 bits per heavy atom. The fraction of sp³-hybridized carbons (Fsp3) is 0. The van der Waals surface area contributed by atoms with E-state index in [0.29, 0.717) is 0 Å². The number of fused-ring (bicyclic) bond motifs is 7. The van der Waals surface area contributed by atoms with Gasteiger partial charge in [0.15, 0.2) is 0 Å². The minimum Gasteiger partial charge on any atom is -0.310 e. The highest BCUT2D eigenvalue weighted by Crippen LogP contribution is 2.46. The molecule has 4 heteroatoms. The van der Waals surface area contributed by atoms with Crippen LogP contribution in [0.15, 0.2) is 168 Å². The van der Waals surface area contributed by atoms with Gasteiger partial charge in [0.25, 0.3) is 0 Å². The van der Waals surface area contributed by atoms with E-state index in [1.54, 1.807) is 0 Å². The van der Waals surface area contributed by atoms with E-state index in [-0.39, 0.29) is 0 Å². The first-order valence-corrected chi connectivity index (χ1v) is 17.0. The Morgan fingerprint density at radius 1 is 0.500 bits per heavy atom. The summed E-state index contributed by atoms with van der Waals surface area (Å²) in [6.45, 7) is 0. The van der Waals surface area contributed by atoms with E-state index in [1.807, 2.05) is 11.3 Å². The Balaban J connectivity index is 1.38. The largest absolute Gasteiger partial charge is 0.310 e. The standard InChI is InChI=1S/C42H27BrN2S/c43-36-20-10-7-17-31(36)32-18-8-11-21-37(32)44(28-13-3-1-4-14-28)30-23-24-33-34-25-26-40-41(35-19-9-12-22-39(35)46-40)42(34)45(38(33)27-30)29-15-5-2-6-16-29/h1-27H. The van der Waals surface area contributed by atoms with Gasteiger partial charge in [0.1, 0.15) is 0 Å². The molecule has 0 aliphatic carbocycles. The summed E-state index contributed by atoms with van der Waals surface area (Å²) in [5.74, 6) is 0. The third-order valence-corrected chi connectivity index (χ3v) is 10.7. The molecule has 0 unspecified atom stereocenters. The quantitative estimate of drug-likeness (QED) is 0.177. The molecule has 46 heavy (non-hydrogen) atoms. The molecule has 0 saturated heterocycles. The van der Waals surface area contributed by atoms with E-state index in [0.717, 1.165) is 38.3 Å². The molecule has 0 N–H and O–H groups in total. The zero-order valence-electron chi connectivity index (χ0n) is 24.8. The van der Waals surface area contributed by atoms with Gasteiger partial charge in [-0.3, -0.25) is 0 Å². The number of aromatic nitrogens is 1. The number of rotatable bonds is 5. The fourth-order valence-corrected chi connectivity index (χ4v) is 8.47. The predicted octanol–water partition coefficient (Wildman–Crippen LogP) is 13.1. The minimum absolute atomic E-state index is 1.07. The summed E-state index contributed by atoms with van der Waals surface area (Å²) in [6.07, 6.45) is 0. The number of benzene rings is 7. The van der Waals surface area contributed by atoms with E-state index < -0.39 is 0 Å². The molecule has 9 rings (SSSR count). The van der Waals surface area contributed by atoms with Gasteiger partial charge < -0.3 is 9.47 Å². The summed E-state index contributed by atoms with van der Waals surface area (Å²) >= 11 is 5.70. The van der Waals surface area contributed by atoms with Crippen LogP contribution in [-0.2, 0) is 0 Å². The molecule has 0 atom stereocenters. The summed E-state index contributed by atoms with van der Waals surface area (Å²) in [4.78, 5) is 2.39. The van der Waals surface area contributed by atoms with Crippen molar-refractivity contribution in [2.24, 2.45) is 0 Å². The zero-order chi connectivity index (χ0) is 30.6. The second-order valence-corrected chi connectivity index (χ2v) is 13.4. The Morgan fingerprint density at radius 2 is 1.17 bits per heavy atom. The van der Waals surface area contributed by atoms with Crippen molar-refractivity contribution in [3.05, 3.63) is 168 Å². The molecule has 0 spiro atoms. The summed E-state index contributed by atoms with van der Waals surface area (Å²) in [5.41, 5.74) is 9.24. The molecule has 0 aliphatic rings. The van der Waals surface area contributed by atoms with Crippen molar-refractivity contribution in [2.75, 3.05) is 4.90 Å². The normalized spacial score (nSPS) is 11.6. The maximum atomic E-state index is 3.83. The van der Waals surface area contributed by atoms with Crippen LogP contribution in [0.1, 0.15) is 0 Å². The highest BCUT2D eigenvalue weighted by atomic mass is 79.9. The minimum atomic E-state index is 1.07. The van der Waals surface area contributed by atoms with Gasteiger partial charge in [0.05, 0.1) is 16.7 Å². The van der Waals surface area contributed by atoms with Crippen LogP contribution in [0.3, 0.4) is 0 Å². The molecule has 9 aromatic rings. The molecule has 2 aromatic heterocycles. The van der Waals surface area contributed by atoms with Crippen LogP contribution in [0, 0.1) is 0 Å². The van der Waals surface area contributed by atoms with E-state index >= 15 is 0 Å². The van der Waals surface area contributed by atoms with Crippen molar-refractivity contribution >= 4 is 86.3 Å². The van der Waals surface area contributed by atoms with Gasteiger partial charge in [0.2, 0.25) is 0 Å². The lowest BCUT2D eigenvalue weighted by Crippen LogP contribution is -2.11. The third kappa shape index (κ3) is 4.29. The Labute approximate surface area is 279 Å². The average molecular weight is 672 g/mol. The summed E-state index contributed by atoms with van der Waals surface area (Å²) in [6, 6.07) is 59.0. The number of anilines is 3. The summed E-state index contributed by atoms with van der Waals surface area (Å²) < 4.78 is 6.16. The maximum Gasteiger partial charge on any atom is 0.0634 e. The highest BCUT2D eigenvalue weighted by molar-refractivity contribution is 9.10. The molecular formula is C42H27BrN2S. The SMILES string of the molecule is Brc1ccccc1-c1ccccc1N(c1ccccc1)c1ccc2c3ccc4sc5ccccc5c4c3n(-c3ccccc3)c2c1. The van der Waals surface area contributed by atoms with Crippen molar-refractivity contribution in [2.45, 2.75) is 0 Å². The Kier molecular flexibility index (Phi) is 6.51. The Hall–Kier alpha value is -5.16. The fourth-order valence-electron chi connectivity index (χ4n) is 6.87. The van der Waals surface area contributed by atoms with Gasteiger partial charge in [0, 0.05) is 58.0 Å². The molecule has 2 nitrogen and oxygen atoms in total. The number of thiophene rings is 1. The third-order valence-electron chi connectivity index (χ3n) is 8.85. The first kappa shape index (κ1) is 27.2. The second kappa shape index (κ2) is 11.0. The van der Waals surface area contributed by atoms with Crippen molar-refractivity contribution in [3.8, 4) is 16.8 Å². The van der Waals surface area contributed by atoms with E-state index in [4.69, 9.17) is 0 Å². The van der Waals surface area contributed by atoms with Crippen LogP contribution in [0.5, 0.6) is 0 Å². The van der Waals surface area contributed by atoms with Gasteiger partial charge in [-0.05, 0) is 66.2 Å². The lowest BCUT2D eigenvalue weighted by Gasteiger charge is -2.28. The molecule has 0 saturated carbocycles. The molecular weight excluding hydrogens is 644 g/mol. The summed E-state index contributed by atoms with van der Waals surface area (Å²) in [5, 5.41) is 5.13. The number of para-hydroxylation sites is 3. The van der Waals surface area contributed by atoms with Crippen LogP contribution in [0.25, 0.3) is 58.8 Å². The molecule has 0 aliphatic heterocycles. The zero-order valence-corrected chi connectivity index (χ0v) is 27.2.